The lowest BCUT2D eigenvalue weighted by molar-refractivity contribution is -0.150. The van der Waals surface area contributed by atoms with Crippen molar-refractivity contribution in [2.24, 2.45) is 0 Å². The number of nitrogens with one attached hydrogen (secondary N) is 2. The number of hydrogen-bond acceptors (Lipinski definition) is 6. The van der Waals surface area contributed by atoms with Gasteiger partial charge in [-0.3, -0.25) is 0 Å². The van der Waals surface area contributed by atoms with Crippen LogP contribution < -0.4 is 15.4 Å². The van der Waals surface area contributed by atoms with Gasteiger partial charge in [0.15, 0.2) is 6.10 Å². The fourth-order valence-electron chi connectivity index (χ4n) is 3.10. The summed E-state index contributed by atoms with van der Waals surface area (Å²) in [7, 11) is 0. The van der Waals surface area contributed by atoms with E-state index in [0.29, 0.717) is 16.3 Å². The predicted octanol–water partition coefficient (Wildman–Crippen LogP) is 3.52. The van der Waals surface area contributed by atoms with Gasteiger partial charge in [0, 0.05) is 5.02 Å². The molecule has 0 bridgehead atoms. The van der Waals surface area contributed by atoms with Crippen LogP contribution in [0.4, 0.5) is 4.79 Å². The lowest BCUT2D eigenvalue weighted by Gasteiger charge is -2.29. The van der Waals surface area contributed by atoms with E-state index in [1.165, 1.54) is 6.92 Å². The normalized spacial score (nSPS) is 16.5. The Morgan fingerprint density at radius 3 is 2.41 bits per heavy atom. The van der Waals surface area contributed by atoms with Crippen molar-refractivity contribution in [2.45, 2.75) is 26.0 Å². The lowest BCUT2D eigenvalue weighted by Crippen LogP contribution is -2.47. The standard InChI is InChI=1S/C23H23ClN2O6/c1-3-30-22(28)19-18(25-23(29)26-20(19)15-7-5-4-6-8-15)13-31-21(27)14(2)32-17-11-9-16(24)10-12-17/h4-12,14,20H,3,13H2,1-2H3,(H2,25,26,29)/t14-,20+/m1/s1. The van der Waals surface area contributed by atoms with Crippen molar-refractivity contribution in [1.82, 2.24) is 10.6 Å². The molecule has 2 N–H and O–H groups in total. The van der Waals surface area contributed by atoms with E-state index < -0.39 is 30.1 Å². The minimum atomic E-state index is -0.926. The van der Waals surface area contributed by atoms with Gasteiger partial charge >= 0.3 is 18.0 Å². The third kappa shape index (κ3) is 5.79. The number of amides is 2. The second-order valence-electron chi connectivity index (χ2n) is 6.88. The van der Waals surface area contributed by atoms with Crippen molar-refractivity contribution >= 4 is 29.6 Å². The Morgan fingerprint density at radius 1 is 1.06 bits per heavy atom. The molecule has 0 saturated heterocycles. The van der Waals surface area contributed by atoms with E-state index >= 15 is 0 Å². The second kappa shape index (κ2) is 10.7. The maximum absolute atomic E-state index is 12.7. The minimum Gasteiger partial charge on any atom is -0.479 e. The first-order chi connectivity index (χ1) is 15.4. The second-order valence-corrected chi connectivity index (χ2v) is 7.31. The van der Waals surface area contributed by atoms with Crippen molar-refractivity contribution in [2.75, 3.05) is 13.2 Å². The number of urea groups is 1. The summed E-state index contributed by atoms with van der Waals surface area (Å²) in [5, 5.41) is 5.81. The predicted molar refractivity (Wildman–Crippen MR) is 117 cm³/mol. The molecule has 0 unspecified atom stereocenters. The molecule has 2 amide bonds. The number of ether oxygens (including phenoxy) is 3. The molecule has 2 aromatic rings. The van der Waals surface area contributed by atoms with Crippen molar-refractivity contribution in [3.8, 4) is 5.75 Å². The van der Waals surface area contributed by atoms with Crippen LogP contribution in [0.2, 0.25) is 5.02 Å². The third-order valence-corrected chi connectivity index (χ3v) is 4.85. The van der Waals surface area contributed by atoms with Crippen LogP contribution in [0.15, 0.2) is 65.9 Å². The number of esters is 2. The Hall–Kier alpha value is -3.52. The third-order valence-electron chi connectivity index (χ3n) is 4.60. The number of hydrogen-bond donors (Lipinski definition) is 2. The van der Waals surface area contributed by atoms with Crippen LogP contribution in [0.3, 0.4) is 0 Å². The van der Waals surface area contributed by atoms with Gasteiger partial charge in [0.1, 0.15) is 12.4 Å². The van der Waals surface area contributed by atoms with Crippen LogP contribution in [0.25, 0.3) is 0 Å². The number of carbonyl (C=O) groups excluding carboxylic acids is 3. The molecule has 1 heterocycles. The van der Waals surface area contributed by atoms with Gasteiger partial charge in [-0.25, -0.2) is 14.4 Å². The zero-order valence-corrected chi connectivity index (χ0v) is 18.3. The molecule has 2 aromatic carbocycles. The minimum absolute atomic E-state index is 0.146. The Labute approximate surface area is 190 Å². The molecule has 0 radical (unpaired) electrons. The average molecular weight is 459 g/mol. The fourth-order valence-corrected chi connectivity index (χ4v) is 3.23. The summed E-state index contributed by atoms with van der Waals surface area (Å²) in [6.07, 6.45) is -0.926. The molecule has 9 heteroatoms. The van der Waals surface area contributed by atoms with Gasteiger partial charge in [-0.2, -0.15) is 0 Å². The number of rotatable bonds is 8. The highest BCUT2D eigenvalue weighted by molar-refractivity contribution is 6.30. The molecule has 0 aromatic heterocycles. The van der Waals surface area contributed by atoms with Crippen molar-refractivity contribution in [3.05, 3.63) is 76.5 Å². The zero-order valence-electron chi connectivity index (χ0n) is 17.6. The molecular weight excluding hydrogens is 436 g/mol. The molecule has 32 heavy (non-hydrogen) atoms. The molecule has 1 aliphatic rings. The Kier molecular flexibility index (Phi) is 7.72. The molecular formula is C23H23ClN2O6. The summed E-state index contributed by atoms with van der Waals surface area (Å²) in [5.41, 5.74) is 0.999. The van der Waals surface area contributed by atoms with E-state index in [2.05, 4.69) is 10.6 Å². The maximum Gasteiger partial charge on any atom is 0.347 e. The molecule has 2 atom stereocenters. The maximum atomic E-state index is 12.7. The van der Waals surface area contributed by atoms with Crippen molar-refractivity contribution in [1.29, 1.82) is 0 Å². The SMILES string of the molecule is CCOC(=O)C1=C(COC(=O)[C@@H](C)Oc2ccc(Cl)cc2)NC(=O)N[C@H]1c1ccccc1. The topological polar surface area (TPSA) is 103 Å². The van der Waals surface area contributed by atoms with E-state index in [1.54, 1.807) is 55.5 Å². The summed E-state index contributed by atoms with van der Waals surface area (Å²) in [4.78, 5) is 37.4. The molecule has 8 nitrogen and oxygen atoms in total. The first-order valence-corrected chi connectivity index (χ1v) is 10.4. The molecule has 0 fully saturated rings. The molecule has 3 rings (SSSR count). The Balaban J connectivity index is 1.78. The largest absolute Gasteiger partial charge is 0.479 e. The van der Waals surface area contributed by atoms with Gasteiger partial charge in [-0.1, -0.05) is 41.9 Å². The molecule has 1 aliphatic heterocycles. The molecule has 0 aliphatic carbocycles. The van der Waals surface area contributed by atoms with Crippen molar-refractivity contribution in [3.63, 3.8) is 0 Å². The molecule has 0 spiro atoms. The van der Waals surface area contributed by atoms with Gasteiger partial charge in [-0.15, -0.1) is 0 Å². The summed E-state index contributed by atoms with van der Waals surface area (Å²) in [6.45, 7) is 3.03. The summed E-state index contributed by atoms with van der Waals surface area (Å²) >= 11 is 5.85. The van der Waals surface area contributed by atoms with E-state index in [0.717, 1.165) is 0 Å². The zero-order chi connectivity index (χ0) is 23.1. The van der Waals surface area contributed by atoms with Crippen LogP contribution >= 0.6 is 11.6 Å². The monoisotopic (exact) mass is 458 g/mol. The highest BCUT2D eigenvalue weighted by atomic mass is 35.5. The van der Waals surface area contributed by atoms with Crippen molar-refractivity contribution < 1.29 is 28.6 Å². The van der Waals surface area contributed by atoms with Crippen LogP contribution in [0, 0.1) is 0 Å². The van der Waals surface area contributed by atoms with Crippen LogP contribution in [0.5, 0.6) is 5.75 Å². The van der Waals surface area contributed by atoms with Gasteiger partial charge in [0.25, 0.3) is 0 Å². The number of benzene rings is 2. The van der Waals surface area contributed by atoms with E-state index in [9.17, 15) is 14.4 Å². The summed E-state index contributed by atoms with van der Waals surface area (Å²) < 4.78 is 16.1. The molecule has 168 valence electrons. The first-order valence-electron chi connectivity index (χ1n) is 10.0. The lowest BCUT2D eigenvalue weighted by atomic mass is 9.95. The van der Waals surface area contributed by atoms with E-state index in [1.807, 2.05) is 6.07 Å². The number of halogens is 1. The van der Waals surface area contributed by atoms with E-state index in [4.69, 9.17) is 25.8 Å². The fraction of sp³-hybridized carbons (Fsp3) is 0.261. The van der Waals surface area contributed by atoms with Crippen LogP contribution in [-0.2, 0) is 19.1 Å². The van der Waals surface area contributed by atoms with Crippen LogP contribution in [0.1, 0.15) is 25.5 Å². The van der Waals surface area contributed by atoms with Gasteiger partial charge < -0.3 is 24.8 Å². The molecule has 0 saturated carbocycles. The summed E-state index contributed by atoms with van der Waals surface area (Å²) in [6, 6.07) is 14.2. The van der Waals surface area contributed by atoms with Gasteiger partial charge in [0.05, 0.1) is 23.9 Å². The first kappa shape index (κ1) is 23.1. The number of carbonyl (C=O) groups is 3. The highest BCUT2D eigenvalue weighted by Gasteiger charge is 2.34. The Morgan fingerprint density at radius 2 is 1.75 bits per heavy atom. The quantitative estimate of drug-likeness (QED) is 0.587. The van der Waals surface area contributed by atoms with Crippen LogP contribution in [-0.4, -0.2) is 37.3 Å². The smallest absolute Gasteiger partial charge is 0.347 e. The van der Waals surface area contributed by atoms with Gasteiger partial charge in [0.2, 0.25) is 0 Å². The Bertz CT molecular complexity index is 1010. The van der Waals surface area contributed by atoms with E-state index in [-0.39, 0.29) is 24.5 Å². The average Bonchev–Trinajstić information content (AvgIpc) is 2.79. The summed E-state index contributed by atoms with van der Waals surface area (Å²) in [5.74, 6) is -0.838. The highest BCUT2D eigenvalue weighted by Crippen LogP contribution is 2.28. The van der Waals surface area contributed by atoms with Gasteiger partial charge in [-0.05, 0) is 43.7 Å².